The van der Waals surface area contributed by atoms with Gasteiger partial charge in [-0.1, -0.05) is 0 Å². The molecule has 108 valence electrons. The third-order valence-electron chi connectivity index (χ3n) is 2.76. The maximum absolute atomic E-state index is 12.1. The molecular formula is C12H16N4O3S. The van der Waals surface area contributed by atoms with Crippen LogP contribution in [0.15, 0.2) is 35.6 Å². The molecule has 0 fully saturated rings. The average molecular weight is 296 g/mol. The van der Waals surface area contributed by atoms with Crippen LogP contribution in [0.25, 0.3) is 0 Å². The van der Waals surface area contributed by atoms with E-state index in [2.05, 4.69) is 14.7 Å². The lowest BCUT2D eigenvalue weighted by molar-refractivity contribution is 0.415. The second kappa shape index (κ2) is 5.93. The number of anilines is 1. The van der Waals surface area contributed by atoms with E-state index in [4.69, 9.17) is 10.5 Å². The highest BCUT2D eigenvalue weighted by Crippen LogP contribution is 2.24. The lowest BCUT2D eigenvalue weighted by Crippen LogP contribution is -2.26. The summed E-state index contributed by atoms with van der Waals surface area (Å²) in [6, 6.07) is 4.34. The second-order valence-electron chi connectivity index (χ2n) is 4.13. The van der Waals surface area contributed by atoms with Gasteiger partial charge in [-0.05, 0) is 12.1 Å². The van der Waals surface area contributed by atoms with Crippen LogP contribution in [0.4, 0.5) is 5.69 Å². The van der Waals surface area contributed by atoms with E-state index < -0.39 is 10.0 Å². The van der Waals surface area contributed by atoms with Crippen LogP contribution in [-0.4, -0.2) is 32.0 Å². The number of rotatable bonds is 6. The van der Waals surface area contributed by atoms with Gasteiger partial charge in [0.25, 0.3) is 0 Å². The van der Waals surface area contributed by atoms with Crippen LogP contribution < -0.4 is 15.2 Å². The van der Waals surface area contributed by atoms with Gasteiger partial charge in [0, 0.05) is 30.9 Å². The van der Waals surface area contributed by atoms with Gasteiger partial charge < -0.3 is 15.5 Å². The predicted molar refractivity (Wildman–Crippen MR) is 74.9 cm³/mol. The molecule has 1 aromatic heterocycles. The molecule has 0 spiro atoms. The molecule has 4 N–H and O–H groups in total. The molecule has 2 aromatic rings. The summed E-state index contributed by atoms with van der Waals surface area (Å²) in [5, 5.41) is 0. The zero-order chi connectivity index (χ0) is 14.6. The molecule has 0 radical (unpaired) electrons. The number of ether oxygens (including phenoxy) is 1. The quantitative estimate of drug-likeness (QED) is 0.673. The highest BCUT2D eigenvalue weighted by Gasteiger charge is 2.15. The van der Waals surface area contributed by atoms with E-state index in [1.54, 1.807) is 12.5 Å². The van der Waals surface area contributed by atoms with Crippen LogP contribution in [0, 0.1) is 0 Å². The van der Waals surface area contributed by atoms with E-state index in [0.29, 0.717) is 17.9 Å². The number of sulfonamides is 1. The molecule has 0 saturated carbocycles. The molecule has 2 rings (SSSR count). The second-order valence-corrected chi connectivity index (χ2v) is 5.90. The topological polar surface area (TPSA) is 110 Å². The number of nitrogens with two attached hydrogens (primary N) is 1. The van der Waals surface area contributed by atoms with Gasteiger partial charge in [0.1, 0.15) is 5.75 Å². The normalized spacial score (nSPS) is 11.4. The minimum absolute atomic E-state index is 0.119. The lowest BCUT2D eigenvalue weighted by Gasteiger charge is -2.09. The zero-order valence-electron chi connectivity index (χ0n) is 11.0. The van der Waals surface area contributed by atoms with Crippen LogP contribution in [0.5, 0.6) is 5.75 Å². The van der Waals surface area contributed by atoms with E-state index in [1.807, 2.05) is 0 Å². The van der Waals surface area contributed by atoms with Gasteiger partial charge >= 0.3 is 0 Å². The first-order valence-electron chi connectivity index (χ1n) is 5.93. The number of hydrogen-bond acceptors (Lipinski definition) is 5. The van der Waals surface area contributed by atoms with Crippen molar-refractivity contribution >= 4 is 15.7 Å². The van der Waals surface area contributed by atoms with E-state index in [-0.39, 0.29) is 11.4 Å². The van der Waals surface area contributed by atoms with E-state index >= 15 is 0 Å². The van der Waals surface area contributed by atoms with Gasteiger partial charge in [-0.2, -0.15) is 0 Å². The molecule has 0 bridgehead atoms. The van der Waals surface area contributed by atoms with Crippen LogP contribution in [0.2, 0.25) is 0 Å². The van der Waals surface area contributed by atoms with Gasteiger partial charge in [-0.25, -0.2) is 18.1 Å². The van der Waals surface area contributed by atoms with Gasteiger partial charge in [0.2, 0.25) is 10.0 Å². The van der Waals surface area contributed by atoms with E-state index in [9.17, 15) is 8.42 Å². The summed E-state index contributed by atoms with van der Waals surface area (Å²) < 4.78 is 31.7. The Morgan fingerprint density at radius 2 is 2.25 bits per heavy atom. The Bertz CT molecular complexity index is 668. The molecule has 8 heteroatoms. The molecule has 0 saturated heterocycles. The van der Waals surface area contributed by atoms with Crippen LogP contribution >= 0.6 is 0 Å². The van der Waals surface area contributed by atoms with Gasteiger partial charge in [0.05, 0.1) is 24.0 Å². The summed E-state index contributed by atoms with van der Waals surface area (Å²) in [4.78, 5) is 6.89. The third kappa shape index (κ3) is 3.28. The van der Waals surface area contributed by atoms with Crippen molar-refractivity contribution in [1.82, 2.24) is 14.7 Å². The largest absolute Gasteiger partial charge is 0.495 e. The number of nitrogens with one attached hydrogen (secondary N) is 2. The SMILES string of the molecule is COc1cc(S(=O)(=O)NCCc2cnc[nH]2)ccc1N. The van der Waals surface area contributed by atoms with Gasteiger partial charge in [-0.15, -0.1) is 0 Å². The molecule has 0 unspecified atom stereocenters. The highest BCUT2D eigenvalue weighted by atomic mass is 32.2. The standard InChI is InChI=1S/C12H16N4O3S/c1-19-12-6-10(2-3-11(12)13)20(17,18)16-5-4-9-7-14-8-15-9/h2-3,6-8,16H,4-5,13H2,1H3,(H,14,15). The smallest absolute Gasteiger partial charge is 0.240 e. The maximum atomic E-state index is 12.1. The third-order valence-corrected chi connectivity index (χ3v) is 4.22. The predicted octanol–water partition coefficient (Wildman–Crippen LogP) is 0.521. The Balaban J connectivity index is 2.06. The van der Waals surface area contributed by atoms with Gasteiger partial charge in [-0.3, -0.25) is 0 Å². The number of aromatic nitrogens is 2. The molecule has 0 atom stereocenters. The van der Waals surface area contributed by atoms with Crippen molar-refractivity contribution in [1.29, 1.82) is 0 Å². The van der Waals surface area contributed by atoms with Crippen molar-refractivity contribution in [2.75, 3.05) is 19.4 Å². The Hall–Kier alpha value is -2.06. The fraction of sp³-hybridized carbons (Fsp3) is 0.250. The zero-order valence-corrected chi connectivity index (χ0v) is 11.8. The highest BCUT2D eigenvalue weighted by molar-refractivity contribution is 7.89. The summed E-state index contributed by atoms with van der Waals surface area (Å²) in [5.41, 5.74) is 6.91. The number of imidazole rings is 1. The Morgan fingerprint density at radius 3 is 2.90 bits per heavy atom. The molecule has 1 aromatic carbocycles. The molecule has 20 heavy (non-hydrogen) atoms. The lowest BCUT2D eigenvalue weighted by atomic mass is 10.3. The number of hydrogen-bond donors (Lipinski definition) is 3. The van der Waals surface area contributed by atoms with Crippen molar-refractivity contribution in [3.63, 3.8) is 0 Å². The number of methoxy groups -OCH3 is 1. The first-order valence-corrected chi connectivity index (χ1v) is 7.41. The van der Waals surface area contributed by atoms with Crippen LogP contribution in [-0.2, 0) is 16.4 Å². The number of nitrogen functional groups attached to an aromatic ring is 1. The number of nitrogens with zero attached hydrogens (tertiary/aromatic N) is 1. The molecule has 0 aliphatic rings. The first kappa shape index (κ1) is 14.4. The number of H-pyrrole nitrogens is 1. The van der Waals surface area contributed by atoms with Crippen molar-refractivity contribution in [3.05, 3.63) is 36.4 Å². The fourth-order valence-corrected chi connectivity index (χ4v) is 2.73. The molecular weight excluding hydrogens is 280 g/mol. The van der Waals surface area contributed by atoms with Crippen molar-refractivity contribution in [2.24, 2.45) is 0 Å². The molecule has 0 aliphatic heterocycles. The Kier molecular flexibility index (Phi) is 4.26. The summed E-state index contributed by atoms with van der Waals surface area (Å²) in [7, 11) is -2.14. The maximum Gasteiger partial charge on any atom is 0.240 e. The number of benzene rings is 1. The van der Waals surface area contributed by atoms with Crippen molar-refractivity contribution < 1.29 is 13.2 Å². The summed E-state index contributed by atoms with van der Waals surface area (Å²) in [6.07, 6.45) is 3.74. The summed E-state index contributed by atoms with van der Waals surface area (Å²) in [5.74, 6) is 0.335. The monoisotopic (exact) mass is 296 g/mol. The molecule has 0 aliphatic carbocycles. The van der Waals surface area contributed by atoms with E-state index in [1.165, 1.54) is 25.3 Å². The Morgan fingerprint density at radius 1 is 1.45 bits per heavy atom. The minimum atomic E-state index is -3.58. The minimum Gasteiger partial charge on any atom is -0.495 e. The Labute approximate surface area is 117 Å². The van der Waals surface area contributed by atoms with Crippen molar-refractivity contribution in [3.8, 4) is 5.75 Å². The molecule has 1 heterocycles. The van der Waals surface area contributed by atoms with Crippen molar-refractivity contribution in [2.45, 2.75) is 11.3 Å². The summed E-state index contributed by atoms with van der Waals surface area (Å²) in [6.45, 7) is 0.275. The number of aromatic amines is 1. The first-order chi connectivity index (χ1) is 9.53. The van der Waals surface area contributed by atoms with Crippen LogP contribution in [0.3, 0.4) is 0 Å². The average Bonchev–Trinajstić information content (AvgIpc) is 2.92. The molecule has 0 amide bonds. The summed E-state index contributed by atoms with van der Waals surface area (Å²) >= 11 is 0. The fourth-order valence-electron chi connectivity index (χ4n) is 1.68. The molecule has 7 nitrogen and oxygen atoms in total. The van der Waals surface area contributed by atoms with Crippen LogP contribution in [0.1, 0.15) is 5.69 Å². The van der Waals surface area contributed by atoms with Gasteiger partial charge in [0.15, 0.2) is 0 Å². The van der Waals surface area contributed by atoms with E-state index in [0.717, 1.165) is 5.69 Å².